The molecule has 17 heavy (non-hydrogen) atoms. The van der Waals surface area contributed by atoms with Crippen LogP contribution in [0.5, 0.6) is 0 Å². The molecule has 4 N–H and O–H groups in total. The Morgan fingerprint density at radius 1 is 1.65 bits per heavy atom. The van der Waals surface area contributed by atoms with E-state index >= 15 is 0 Å². The molecule has 8 heteroatoms. The molecule has 1 fully saturated rings. The number of anilines is 1. The van der Waals surface area contributed by atoms with Gasteiger partial charge in [-0.15, -0.1) is 11.6 Å². The molecule has 1 aromatic heterocycles. The summed E-state index contributed by atoms with van der Waals surface area (Å²) in [5.74, 6) is 0.0922. The highest BCUT2D eigenvalue weighted by molar-refractivity contribution is 6.21. The molecule has 0 spiro atoms. The average molecular weight is 262 g/mol. The molecule has 0 unspecified atom stereocenters. The van der Waals surface area contributed by atoms with E-state index in [9.17, 15) is 9.90 Å². The SMILES string of the molecule is Nc1ccn([C@@H]2O[C@H](CO)[C@@H](O)[C@@H]2Cl)c(=O)n1. The van der Waals surface area contributed by atoms with Crippen molar-refractivity contribution in [3.63, 3.8) is 0 Å². The van der Waals surface area contributed by atoms with Crippen LogP contribution in [-0.4, -0.2) is 44.0 Å². The zero-order valence-corrected chi connectivity index (χ0v) is 9.49. The minimum atomic E-state index is -1.05. The summed E-state index contributed by atoms with van der Waals surface area (Å²) in [6.45, 7) is -0.377. The van der Waals surface area contributed by atoms with E-state index in [1.165, 1.54) is 12.3 Å². The standard InChI is InChI=1S/C9H12ClN3O4/c10-6-7(15)4(3-14)17-8(6)13-2-1-5(11)12-9(13)16/h1-2,4,6-8,14-15H,3H2,(H2,11,12,16)/t4-,6+,7-,8-/m1/s1. The summed E-state index contributed by atoms with van der Waals surface area (Å²) in [7, 11) is 0. The number of halogens is 1. The van der Waals surface area contributed by atoms with Crippen molar-refractivity contribution in [2.45, 2.75) is 23.8 Å². The van der Waals surface area contributed by atoms with Gasteiger partial charge in [-0.2, -0.15) is 4.98 Å². The summed E-state index contributed by atoms with van der Waals surface area (Å²) < 4.78 is 6.42. The lowest BCUT2D eigenvalue weighted by Crippen LogP contribution is -2.32. The Hall–Kier alpha value is -1.15. The van der Waals surface area contributed by atoms with Crippen LogP contribution in [-0.2, 0) is 4.74 Å². The molecule has 4 atom stereocenters. The van der Waals surface area contributed by atoms with Crippen molar-refractivity contribution in [2.75, 3.05) is 12.3 Å². The normalized spacial score (nSPS) is 32.9. The van der Waals surface area contributed by atoms with Crippen molar-refractivity contribution in [1.29, 1.82) is 0 Å². The summed E-state index contributed by atoms with van der Waals surface area (Å²) in [6, 6.07) is 1.42. The van der Waals surface area contributed by atoms with Crippen molar-refractivity contribution < 1.29 is 14.9 Å². The fourth-order valence-electron chi connectivity index (χ4n) is 1.70. The van der Waals surface area contributed by atoms with Gasteiger partial charge in [-0.25, -0.2) is 4.79 Å². The van der Waals surface area contributed by atoms with Gasteiger partial charge in [0.05, 0.1) is 6.61 Å². The van der Waals surface area contributed by atoms with Gasteiger partial charge in [0.2, 0.25) is 0 Å². The summed E-state index contributed by atoms with van der Waals surface area (Å²) in [4.78, 5) is 15.1. The molecular formula is C9H12ClN3O4. The smallest absolute Gasteiger partial charge is 0.351 e. The summed E-state index contributed by atoms with van der Waals surface area (Å²) in [5.41, 5.74) is 4.73. The largest absolute Gasteiger partial charge is 0.394 e. The summed E-state index contributed by atoms with van der Waals surface area (Å²) in [5, 5.41) is 17.8. The van der Waals surface area contributed by atoms with E-state index in [1.54, 1.807) is 0 Å². The zero-order valence-electron chi connectivity index (χ0n) is 8.73. The highest BCUT2D eigenvalue weighted by Crippen LogP contribution is 2.32. The predicted octanol–water partition coefficient (Wildman–Crippen LogP) is -1.32. The topological polar surface area (TPSA) is 111 Å². The first kappa shape index (κ1) is 12.3. The molecule has 0 saturated carbocycles. The predicted molar refractivity (Wildman–Crippen MR) is 59.6 cm³/mol. The third kappa shape index (κ3) is 2.14. The van der Waals surface area contributed by atoms with Gasteiger partial charge in [0.1, 0.15) is 23.4 Å². The first-order valence-corrected chi connectivity index (χ1v) is 5.41. The van der Waals surface area contributed by atoms with Gasteiger partial charge in [-0.3, -0.25) is 4.57 Å². The monoisotopic (exact) mass is 261 g/mol. The van der Waals surface area contributed by atoms with Gasteiger partial charge >= 0.3 is 5.69 Å². The fourth-order valence-corrected chi connectivity index (χ4v) is 2.04. The summed E-state index contributed by atoms with van der Waals surface area (Å²) >= 11 is 5.94. The quantitative estimate of drug-likeness (QED) is 0.570. The Labute approximate surface area is 101 Å². The molecule has 2 heterocycles. The Morgan fingerprint density at radius 2 is 2.35 bits per heavy atom. The van der Waals surface area contributed by atoms with Crippen molar-refractivity contribution >= 4 is 17.4 Å². The maximum atomic E-state index is 11.6. The Morgan fingerprint density at radius 3 is 2.88 bits per heavy atom. The lowest BCUT2D eigenvalue weighted by Gasteiger charge is -2.16. The van der Waals surface area contributed by atoms with E-state index in [0.717, 1.165) is 4.57 Å². The molecule has 2 rings (SSSR count). The number of rotatable bonds is 2. The molecule has 0 aromatic carbocycles. The van der Waals surface area contributed by atoms with Crippen LogP contribution in [0.3, 0.4) is 0 Å². The van der Waals surface area contributed by atoms with Gasteiger partial charge in [0.15, 0.2) is 6.23 Å². The number of aromatic nitrogens is 2. The number of nitrogen functional groups attached to an aromatic ring is 1. The van der Waals surface area contributed by atoms with Crippen molar-refractivity contribution in [3.8, 4) is 0 Å². The molecule has 1 aliphatic heterocycles. The second-order valence-corrected chi connectivity index (χ2v) is 4.23. The molecule has 94 valence electrons. The van der Waals surface area contributed by atoms with Crippen LogP contribution in [0.1, 0.15) is 6.23 Å². The maximum Gasteiger partial charge on any atom is 0.351 e. The van der Waals surface area contributed by atoms with Crippen LogP contribution in [0.4, 0.5) is 5.82 Å². The van der Waals surface area contributed by atoms with E-state index in [-0.39, 0.29) is 12.4 Å². The fraction of sp³-hybridized carbons (Fsp3) is 0.556. The minimum Gasteiger partial charge on any atom is -0.394 e. The van der Waals surface area contributed by atoms with Crippen LogP contribution in [0.15, 0.2) is 17.1 Å². The second kappa shape index (κ2) is 4.61. The third-order valence-electron chi connectivity index (χ3n) is 2.60. The lowest BCUT2D eigenvalue weighted by molar-refractivity contribution is -0.0457. The number of ether oxygens (including phenoxy) is 1. The molecule has 1 aliphatic rings. The first-order valence-electron chi connectivity index (χ1n) is 4.97. The van der Waals surface area contributed by atoms with Crippen LogP contribution in [0, 0.1) is 0 Å². The number of alkyl halides is 1. The highest BCUT2D eigenvalue weighted by Gasteiger charge is 2.43. The second-order valence-electron chi connectivity index (χ2n) is 3.72. The Bertz CT molecular complexity index is 466. The number of aliphatic hydroxyl groups excluding tert-OH is 2. The van der Waals surface area contributed by atoms with Gasteiger partial charge < -0.3 is 20.7 Å². The van der Waals surface area contributed by atoms with Crippen LogP contribution >= 0.6 is 11.6 Å². The van der Waals surface area contributed by atoms with Crippen LogP contribution in [0.25, 0.3) is 0 Å². The molecule has 7 nitrogen and oxygen atoms in total. The highest BCUT2D eigenvalue weighted by atomic mass is 35.5. The van der Waals surface area contributed by atoms with Gasteiger partial charge in [0.25, 0.3) is 0 Å². The van der Waals surface area contributed by atoms with E-state index < -0.39 is 29.5 Å². The van der Waals surface area contributed by atoms with E-state index in [4.69, 9.17) is 27.2 Å². The number of nitrogens with two attached hydrogens (primary N) is 1. The molecule has 1 aromatic rings. The van der Waals surface area contributed by atoms with Crippen LogP contribution in [0.2, 0.25) is 0 Å². The third-order valence-corrected chi connectivity index (χ3v) is 3.07. The van der Waals surface area contributed by atoms with Crippen LogP contribution < -0.4 is 11.4 Å². The molecule has 1 saturated heterocycles. The Kier molecular flexibility index (Phi) is 3.34. The number of aliphatic hydroxyl groups is 2. The number of nitrogens with zero attached hydrogens (tertiary/aromatic N) is 2. The summed E-state index contributed by atoms with van der Waals surface area (Å²) in [6.07, 6.45) is -1.34. The van der Waals surface area contributed by atoms with E-state index in [1.807, 2.05) is 0 Å². The molecular weight excluding hydrogens is 250 g/mol. The molecule has 0 radical (unpaired) electrons. The van der Waals surface area contributed by atoms with Crippen molar-refractivity contribution in [2.24, 2.45) is 0 Å². The first-order chi connectivity index (χ1) is 8.04. The molecule has 0 amide bonds. The van der Waals surface area contributed by atoms with Gasteiger partial charge in [-0.1, -0.05) is 0 Å². The Balaban J connectivity index is 2.32. The maximum absolute atomic E-state index is 11.6. The number of hydrogen-bond acceptors (Lipinski definition) is 6. The molecule has 0 bridgehead atoms. The van der Waals surface area contributed by atoms with Gasteiger partial charge in [-0.05, 0) is 6.07 Å². The van der Waals surface area contributed by atoms with E-state index in [0.29, 0.717) is 0 Å². The average Bonchev–Trinajstić information content (AvgIpc) is 2.57. The van der Waals surface area contributed by atoms with Gasteiger partial charge in [0, 0.05) is 6.20 Å². The zero-order chi connectivity index (χ0) is 12.6. The molecule has 0 aliphatic carbocycles. The van der Waals surface area contributed by atoms with E-state index in [2.05, 4.69) is 4.98 Å². The van der Waals surface area contributed by atoms with Crippen molar-refractivity contribution in [1.82, 2.24) is 9.55 Å². The minimum absolute atomic E-state index is 0.0922. The lowest BCUT2D eigenvalue weighted by atomic mass is 10.2. The number of hydrogen-bond donors (Lipinski definition) is 3. The van der Waals surface area contributed by atoms with Crippen molar-refractivity contribution in [3.05, 3.63) is 22.7 Å².